The predicted molar refractivity (Wildman–Crippen MR) is 25.7 cm³/mol. The van der Waals surface area contributed by atoms with Gasteiger partial charge in [-0.3, -0.25) is 4.79 Å². The average molecular weight is 206 g/mol. The van der Waals surface area contributed by atoms with Gasteiger partial charge in [0, 0.05) is 0 Å². The van der Waals surface area contributed by atoms with E-state index in [0.717, 1.165) is 0 Å². The quantitative estimate of drug-likeness (QED) is 0.276. The number of hydrogen-bond acceptors (Lipinski definition) is 1. The molecule has 0 bridgehead atoms. The molecule has 0 aliphatic rings. The number of alkyl halides is 6. The van der Waals surface area contributed by atoms with Crippen molar-refractivity contribution < 1.29 is 35.9 Å². The number of Topliss-reactive ketones (excluding diaryl/α,β-unsaturated/α-hetero) is 1. The lowest BCUT2D eigenvalue weighted by atomic mass is 10.2. The van der Waals surface area contributed by atoms with Crippen LogP contribution in [0.2, 0.25) is 0 Å². The van der Waals surface area contributed by atoms with Crippen LogP contribution >= 0.6 is 0 Å². The van der Waals surface area contributed by atoms with E-state index in [1.165, 1.54) is 4.79 Å². The highest BCUT2D eigenvalue weighted by Gasteiger charge is 2.59. The zero-order valence-electron chi connectivity index (χ0n) is 5.57. The molecule has 0 saturated carbocycles. The van der Waals surface area contributed by atoms with Crippen molar-refractivity contribution in [3.63, 3.8) is 0 Å². The minimum Gasteiger partial charge on any atom is -0.361 e. The van der Waals surface area contributed by atoms with Gasteiger partial charge in [0.25, 0.3) is 0 Å². The fourth-order valence-corrected chi connectivity index (χ4v) is 0.365. The average Bonchev–Trinajstić information content (AvgIpc) is 1.83. The van der Waals surface area contributed by atoms with Crippen molar-refractivity contribution in [1.82, 2.24) is 0 Å². The first-order valence-electron chi connectivity index (χ1n) is 2.51. The monoisotopic (exact) mass is 206 g/mol. The molecular weight excluding hydrogens is 206 g/mol. The molecule has 0 unspecified atom stereocenters. The summed E-state index contributed by atoms with van der Waals surface area (Å²) < 4.78 is 68.6. The Kier molecular flexibility index (Phi) is 2.84. The molecule has 0 aromatic rings. The number of carbonyl (C=O) groups is 1. The Labute approximate surface area is 66.6 Å². The maximum absolute atomic E-state index is 11.5. The molecule has 74 valence electrons. The van der Waals surface area contributed by atoms with Crippen molar-refractivity contribution in [2.24, 2.45) is 0 Å². The smallest absolute Gasteiger partial charge is 0.361 e. The summed E-state index contributed by atoms with van der Waals surface area (Å²) in [7, 11) is 0. The largest absolute Gasteiger partial charge is 0.499 e. The van der Waals surface area contributed by atoms with E-state index in [-0.39, 0.29) is 0 Å². The molecule has 13 heavy (non-hydrogen) atoms. The molecule has 0 N–H and O–H groups in total. The molecule has 0 aliphatic heterocycles. The van der Waals surface area contributed by atoms with Crippen LogP contribution in [0.25, 0.3) is 5.53 Å². The van der Waals surface area contributed by atoms with Gasteiger partial charge in [-0.05, 0) is 0 Å². The molecule has 0 atom stereocenters. The van der Waals surface area contributed by atoms with Gasteiger partial charge in [-0.15, -0.1) is 0 Å². The summed E-state index contributed by atoms with van der Waals surface area (Å²) >= 11 is 0. The van der Waals surface area contributed by atoms with Crippen LogP contribution in [0.15, 0.2) is 0 Å². The molecule has 9 heteroatoms. The summed E-state index contributed by atoms with van der Waals surface area (Å²) in [5.41, 5.74) is 4.65. The molecule has 0 saturated heterocycles. The first-order valence-corrected chi connectivity index (χ1v) is 2.51. The van der Waals surface area contributed by atoms with Gasteiger partial charge < -0.3 is 5.53 Å². The molecule has 0 aromatic carbocycles. The van der Waals surface area contributed by atoms with E-state index in [2.05, 4.69) is 0 Å². The molecule has 0 fully saturated rings. The van der Waals surface area contributed by atoms with Gasteiger partial charge in [-0.1, -0.05) is 0 Å². The second-order valence-electron chi connectivity index (χ2n) is 1.77. The molecule has 0 spiro atoms. The van der Waals surface area contributed by atoms with Gasteiger partial charge in [0.05, 0.1) is 0 Å². The predicted octanol–water partition coefficient (Wildman–Crippen LogP) is 1.35. The molecule has 0 rings (SSSR count). The first kappa shape index (κ1) is 11.6. The second kappa shape index (κ2) is 3.17. The molecule has 3 nitrogen and oxygen atoms in total. The lowest BCUT2D eigenvalue weighted by Crippen LogP contribution is -2.40. The normalized spacial score (nSPS) is 12.2. The van der Waals surface area contributed by atoms with Crippen molar-refractivity contribution in [3.8, 4) is 0 Å². The highest BCUT2D eigenvalue weighted by Crippen LogP contribution is 2.24. The summed E-state index contributed by atoms with van der Waals surface area (Å²) in [6.45, 7) is 0. The number of carbonyl (C=O) groups excluding carboxylic acids is 1. The lowest BCUT2D eigenvalue weighted by molar-refractivity contribution is -0.175. The van der Waals surface area contributed by atoms with Crippen LogP contribution in [0.5, 0.6) is 0 Å². The Hall–Kier alpha value is -1.37. The van der Waals surface area contributed by atoms with Gasteiger partial charge in [-0.2, -0.15) is 31.1 Å². The summed E-state index contributed by atoms with van der Waals surface area (Å²) in [5.74, 6) is -3.23. The van der Waals surface area contributed by atoms with Gasteiger partial charge in [0.1, 0.15) is 0 Å². The van der Waals surface area contributed by atoms with Gasteiger partial charge in [0.15, 0.2) is 0 Å². The number of halogens is 6. The Balaban J connectivity index is 5.09. The molecule has 0 amide bonds. The summed E-state index contributed by atoms with van der Waals surface area (Å²) in [6, 6.07) is 0. The van der Waals surface area contributed by atoms with E-state index in [4.69, 9.17) is 5.53 Å². The highest BCUT2D eigenvalue weighted by molar-refractivity contribution is 6.41. The van der Waals surface area contributed by atoms with Crippen LogP contribution in [0.4, 0.5) is 26.3 Å². The van der Waals surface area contributed by atoms with E-state index in [0.29, 0.717) is 0 Å². The Morgan fingerprint density at radius 2 is 1.38 bits per heavy atom. The van der Waals surface area contributed by atoms with Crippen LogP contribution in [0.1, 0.15) is 0 Å². The van der Waals surface area contributed by atoms with Crippen LogP contribution < -0.4 is 0 Å². The maximum atomic E-state index is 11.5. The van der Waals surface area contributed by atoms with Crippen molar-refractivity contribution in [3.05, 3.63) is 5.53 Å². The van der Waals surface area contributed by atoms with Gasteiger partial charge in [0.2, 0.25) is 0 Å². The summed E-state index contributed by atoms with van der Waals surface area (Å²) in [4.78, 5) is 11.2. The maximum Gasteiger partial charge on any atom is 0.499 e. The summed E-state index contributed by atoms with van der Waals surface area (Å²) in [6.07, 6.45) is -11.3. The van der Waals surface area contributed by atoms with Crippen molar-refractivity contribution in [2.45, 2.75) is 12.4 Å². The third-order valence-electron chi connectivity index (χ3n) is 0.841. The standard InChI is InChI=1S/C4F6N2O/c5-3(6,7)1(12-11)2(13)4(8,9)10. The van der Waals surface area contributed by atoms with Crippen molar-refractivity contribution in [1.29, 1.82) is 0 Å². The van der Waals surface area contributed by atoms with Crippen LogP contribution in [-0.4, -0.2) is 28.6 Å². The molecule has 0 aliphatic carbocycles. The molecule has 0 heterocycles. The number of ketones is 1. The lowest BCUT2D eigenvalue weighted by Gasteiger charge is -2.02. The van der Waals surface area contributed by atoms with E-state index >= 15 is 0 Å². The van der Waals surface area contributed by atoms with Gasteiger partial charge in [-0.25, -0.2) is 0 Å². The van der Waals surface area contributed by atoms with Crippen LogP contribution in [0, 0.1) is 0 Å². The molecule has 0 aromatic heterocycles. The Morgan fingerprint density at radius 1 is 1.00 bits per heavy atom. The molecule has 0 radical (unpaired) electrons. The zero-order chi connectivity index (χ0) is 10.9. The third-order valence-corrected chi connectivity index (χ3v) is 0.841. The highest BCUT2D eigenvalue weighted by atomic mass is 19.4. The van der Waals surface area contributed by atoms with Crippen molar-refractivity contribution in [2.75, 3.05) is 0 Å². The Morgan fingerprint density at radius 3 is 1.46 bits per heavy atom. The topological polar surface area (TPSA) is 53.5 Å². The van der Waals surface area contributed by atoms with E-state index < -0.39 is 23.8 Å². The summed E-state index contributed by atoms with van der Waals surface area (Å²) in [5, 5.41) is 0. The minimum absolute atomic E-state index is 1.25. The van der Waals surface area contributed by atoms with E-state index in [1.807, 2.05) is 0 Å². The first-order chi connectivity index (χ1) is 5.60. The second-order valence-corrected chi connectivity index (χ2v) is 1.77. The fourth-order valence-electron chi connectivity index (χ4n) is 0.365. The molecular formula is C4F6N2O. The number of hydrogen-bond donors (Lipinski definition) is 0. The third kappa shape index (κ3) is 2.86. The number of nitrogens with zero attached hydrogens (tertiary/aromatic N) is 2. The number of rotatable bonds is 1. The van der Waals surface area contributed by atoms with Crippen LogP contribution in [-0.2, 0) is 4.79 Å². The van der Waals surface area contributed by atoms with Crippen molar-refractivity contribution >= 4 is 11.5 Å². The SMILES string of the molecule is [N-]=[N+]=C(C(=O)C(F)(F)F)C(F)(F)F. The van der Waals surface area contributed by atoms with E-state index in [9.17, 15) is 31.1 Å². The fraction of sp³-hybridized carbons (Fsp3) is 0.500. The zero-order valence-corrected chi connectivity index (χ0v) is 5.57. The Bertz CT molecular complexity index is 269. The van der Waals surface area contributed by atoms with E-state index in [1.54, 1.807) is 0 Å². The van der Waals surface area contributed by atoms with Crippen LogP contribution in [0.3, 0.4) is 0 Å². The minimum atomic E-state index is -5.71. The van der Waals surface area contributed by atoms with Gasteiger partial charge >= 0.3 is 23.8 Å².